The van der Waals surface area contributed by atoms with Gasteiger partial charge in [0.05, 0.1) is 6.04 Å². The average molecular weight is 575 g/mol. The summed E-state index contributed by atoms with van der Waals surface area (Å²) >= 11 is 0. The monoisotopic (exact) mass is 574 g/mol. The summed E-state index contributed by atoms with van der Waals surface area (Å²) in [5.74, 6) is -2.92. The van der Waals surface area contributed by atoms with Crippen LogP contribution in [0, 0.1) is 0 Å². The maximum Gasteiger partial charge on any atom is 0.326 e. The van der Waals surface area contributed by atoms with Crippen molar-refractivity contribution < 1.29 is 24.3 Å². The van der Waals surface area contributed by atoms with Crippen LogP contribution in [0.2, 0.25) is 0 Å². The van der Waals surface area contributed by atoms with Gasteiger partial charge in [-0.15, -0.1) is 0 Å². The predicted octanol–water partition coefficient (Wildman–Crippen LogP) is -2.29. The summed E-state index contributed by atoms with van der Waals surface area (Å²) in [4.78, 5) is 60.7. The Kier molecular flexibility index (Phi) is 13.3. The standard InChI is InChI=1S/C26H42N10O5/c27-17(9-4-12-32-25(28)29)21(37)34-18(10-5-13-33-26(30)31)23(39)36-14-6-11-20(36)22(38)35-19(24(40)41)15-16-7-2-1-3-8-16/h1-3,7-8,17-20H,4-6,9-15,27H2,(H,34,37)(H,35,38)(H,40,41)(H4,28,29,32)(H4,30,31,33). The molecular weight excluding hydrogens is 532 g/mol. The normalized spacial score (nSPS) is 16.6. The number of nitrogens with zero attached hydrogens (tertiary/aromatic N) is 3. The Bertz CT molecular complexity index is 1090. The number of carbonyl (C=O) groups is 4. The topological polar surface area (TPSA) is 271 Å². The van der Waals surface area contributed by atoms with Gasteiger partial charge in [0.15, 0.2) is 11.9 Å². The molecule has 1 aromatic rings. The highest BCUT2D eigenvalue weighted by atomic mass is 16.4. The highest BCUT2D eigenvalue weighted by Crippen LogP contribution is 2.20. The number of carboxylic acids is 1. The first-order chi connectivity index (χ1) is 19.5. The van der Waals surface area contributed by atoms with Crippen LogP contribution in [0.25, 0.3) is 0 Å². The fourth-order valence-corrected chi connectivity index (χ4v) is 4.51. The molecule has 0 spiro atoms. The second-order valence-electron chi connectivity index (χ2n) is 9.84. The molecule has 0 bridgehead atoms. The van der Waals surface area contributed by atoms with Crippen molar-refractivity contribution in [3.8, 4) is 0 Å². The van der Waals surface area contributed by atoms with E-state index in [9.17, 15) is 24.3 Å². The van der Waals surface area contributed by atoms with Gasteiger partial charge < -0.3 is 49.3 Å². The second kappa shape index (κ2) is 16.6. The van der Waals surface area contributed by atoms with Gasteiger partial charge in [-0.3, -0.25) is 24.4 Å². The van der Waals surface area contributed by atoms with E-state index in [0.29, 0.717) is 32.2 Å². The summed E-state index contributed by atoms with van der Waals surface area (Å²) < 4.78 is 0. The fraction of sp³-hybridized carbons (Fsp3) is 0.538. The van der Waals surface area contributed by atoms with E-state index in [1.54, 1.807) is 24.3 Å². The Labute approximate surface area is 239 Å². The number of guanidine groups is 2. The largest absolute Gasteiger partial charge is 0.480 e. The third-order valence-electron chi connectivity index (χ3n) is 6.60. The number of benzene rings is 1. The predicted molar refractivity (Wildman–Crippen MR) is 154 cm³/mol. The molecule has 15 nitrogen and oxygen atoms in total. The van der Waals surface area contributed by atoms with Gasteiger partial charge in [0.1, 0.15) is 18.1 Å². The van der Waals surface area contributed by atoms with Gasteiger partial charge in [-0.1, -0.05) is 30.3 Å². The number of carbonyl (C=O) groups excluding carboxylic acids is 3. The number of likely N-dealkylation sites (tertiary alicyclic amines) is 1. The van der Waals surface area contributed by atoms with E-state index in [1.165, 1.54) is 4.90 Å². The molecule has 0 saturated carbocycles. The molecule has 15 heteroatoms. The number of aliphatic imine (C=N–C) groups is 2. The third-order valence-corrected chi connectivity index (χ3v) is 6.60. The van der Waals surface area contributed by atoms with Crippen molar-refractivity contribution in [2.75, 3.05) is 19.6 Å². The van der Waals surface area contributed by atoms with Crippen LogP contribution < -0.4 is 39.3 Å². The number of carboxylic acid groups (broad SMARTS) is 1. The molecule has 0 aromatic heterocycles. The van der Waals surface area contributed by atoms with Crippen molar-refractivity contribution in [1.82, 2.24) is 15.5 Å². The van der Waals surface area contributed by atoms with Crippen molar-refractivity contribution in [2.45, 2.75) is 69.1 Å². The minimum absolute atomic E-state index is 0.0617. The number of hydrogen-bond acceptors (Lipinski definition) is 7. The lowest BCUT2D eigenvalue weighted by atomic mass is 10.0. The summed E-state index contributed by atoms with van der Waals surface area (Å²) in [6.07, 6.45) is 2.29. The van der Waals surface area contributed by atoms with Crippen LogP contribution in [0.4, 0.5) is 0 Å². The van der Waals surface area contributed by atoms with Crippen molar-refractivity contribution in [2.24, 2.45) is 38.7 Å². The summed E-state index contributed by atoms with van der Waals surface area (Å²) in [5.41, 5.74) is 28.2. The zero-order valence-corrected chi connectivity index (χ0v) is 23.1. The van der Waals surface area contributed by atoms with E-state index < -0.39 is 47.9 Å². The SMILES string of the molecule is NC(N)=NCCCC(N)C(=O)NC(CCCN=C(N)N)C(=O)N1CCCC1C(=O)NC(Cc1ccccc1)C(=O)O. The smallest absolute Gasteiger partial charge is 0.326 e. The van der Waals surface area contributed by atoms with Gasteiger partial charge in [-0.2, -0.15) is 0 Å². The Morgan fingerprint density at radius 2 is 1.54 bits per heavy atom. The van der Waals surface area contributed by atoms with Crippen LogP contribution in [0.3, 0.4) is 0 Å². The minimum Gasteiger partial charge on any atom is -0.480 e. The summed E-state index contributed by atoms with van der Waals surface area (Å²) in [7, 11) is 0. The van der Waals surface area contributed by atoms with Crippen molar-refractivity contribution in [3.05, 3.63) is 35.9 Å². The lowest BCUT2D eigenvalue weighted by Gasteiger charge is -2.30. The third kappa shape index (κ3) is 11.3. The van der Waals surface area contributed by atoms with Gasteiger partial charge in [-0.05, 0) is 44.1 Å². The van der Waals surface area contributed by atoms with Crippen molar-refractivity contribution in [1.29, 1.82) is 0 Å². The molecule has 1 heterocycles. The first-order valence-electron chi connectivity index (χ1n) is 13.5. The molecule has 226 valence electrons. The van der Waals surface area contributed by atoms with Crippen LogP contribution in [-0.2, 0) is 25.6 Å². The van der Waals surface area contributed by atoms with Crippen LogP contribution in [-0.4, -0.2) is 89.4 Å². The zero-order valence-electron chi connectivity index (χ0n) is 23.1. The summed E-state index contributed by atoms with van der Waals surface area (Å²) in [6, 6.07) is 4.96. The Morgan fingerprint density at radius 3 is 2.12 bits per heavy atom. The quantitative estimate of drug-likeness (QED) is 0.0594. The van der Waals surface area contributed by atoms with E-state index >= 15 is 0 Å². The number of nitrogens with one attached hydrogen (secondary N) is 2. The van der Waals surface area contributed by atoms with Gasteiger partial charge in [0.2, 0.25) is 17.7 Å². The van der Waals surface area contributed by atoms with E-state index in [1.807, 2.05) is 6.07 Å². The molecule has 41 heavy (non-hydrogen) atoms. The van der Waals surface area contributed by atoms with Crippen LogP contribution in [0.5, 0.6) is 0 Å². The maximum absolute atomic E-state index is 13.6. The Hall–Kier alpha value is -4.40. The summed E-state index contributed by atoms with van der Waals surface area (Å²) in [5, 5.41) is 15.0. The number of rotatable bonds is 16. The number of hydrogen-bond donors (Lipinski definition) is 8. The molecular formula is C26H42N10O5. The van der Waals surface area contributed by atoms with Crippen molar-refractivity contribution in [3.63, 3.8) is 0 Å². The molecule has 1 aliphatic heterocycles. The van der Waals surface area contributed by atoms with Gasteiger partial charge in [0.25, 0.3) is 0 Å². The van der Waals surface area contributed by atoms with Gasteiger partial charge in [0, 0.05) is 26.1 Å². The molecule has 13 N–H and O–H groups in total. The van der Waals surface area contributed by atoms with Crippen LogP contribution in [0.15, 0.2) is 40.3 Å². The highest BCUT2D eigenvalue weighted by molar-refractivity contribution is 5.94. The number of amides is 3. The molecule has 2 rings (SSSR count). The molecule has 4 atom stereocenters. The van der Waals surface area contributed by atoms with Crippen molar-refractivity contribution >= 4 is 35.6 Å². The van der Waals surface area contributed by atoms with Gasteiger partial charge in [-0.25, -0.2) is 4.79 Å². The molecule has 1 fully saturated rings. The lowest BCUT2D eigenvalue weighted by molar-refractivity contribution is -0.145. The molecule has 3 amide bonds. The van der Waals surface area contributed by atoms with E-state index in [2.05, 4.69) is 20.6 Å². The molecule has 1 aromatic carbocycles. The number of aliphatic carboxylic acids is 1. The van der Waals surface area contributed by atoms with Crippen LogP contribution >= 0.6 is 0 Å². The number of nitrogens with two attached hydrogens (primary N) is 5. The molecule has 0 aliphatic carbocycles. The van der Waals surface area contributed by atoms with E-state index in [-0.39, 0.29) is 44.3 Å². The average Bonchev–Trinajstić information content (AvgIpc) is 3.42. The Morgan fingerprint density at radius 1 is 0.927 bits per heavy atom. The molecule has 1 saturated heterocycles. The zero-order chi connectivity index (χ0) is 30.4. The molecule has 0 radical (unpaired) electrons. The molecule has 1 aliphatic rings. The fourth-order valence-electron chi connectivity index (χ4n) is 4.51. The second-order valence-corrected chi connectivity index (χ2v) is 9.84. The summed E-state index contributed by atoms with van der Waals surface area (Å²) in [6.45, 7) is 0.810. The van der Waals surface area contributed by atoms with Crippen LogP contribution in [0.1, 0.15) is 44.1 Å². The first-order valence-corrected chi connectivity index (χ1v) is 13.5. The van der Waals surface area contributed by atoms with E-state index in [0.717, 1.165) is 5.56 Å². The Balaban J connectivity index is 2.10. The maximum atomic E-state index is 13.6. The van der Waals surface area contributed by atoms with E-state index in [4.69, 9.17) is 28.7 Å². The first kappa shape index (κ1) is 32.8. The minimum atomic E-state index is -1.18. The lowest BCUT2D eigenvalue weighted by Crippen LogP contribution is -2.57. The molecule has 4 unspecified atom stereocenters. The van der Waals surface area contributed by atoms with Gasteiger partial charge >= 0.3 is 5.97 Å². The highest BCUT2D eigenvalue weighted by Gasteiger charge is 2.39.